The predicted molar refractivity (Wildman–Crippen MR) is 117 cm³/mol. The number of hydrogen-bond acceptors (Lipinski definition) is 5. The molecular weight excluding hydrogens is 408 g/mol. The van der Waals surface area contributed by atoms with Crippen LogP contribution in [0.15, 0.2) is 23.1 Å². The van der Waals surface area contributed by atoms with E-state index in [1.807, 2.05) is 30.5 Å². The summed E-state index contributed by atoms with van der Waals surface area (Å²) in [5, 5.41) is 0. The van der Waals surface area contributed by atoms with Gasteiger partial charge in [-0.2, -0.15) is 16.1 Å². The number of rotatable bonds is 8. The maximum absolute atomic E-state index is 13.5. The first-order valence-corrected chi connectivity index (χ1v) is 13.1. The van der Waals surface area contributed by atoms with Gasteiger partial charge < -0.3 is 9.64 Å². The Morgan fingerprint density at radius 3 is 2.59 bits per heavy atom. The molecule has 1 aromatic rings. The number of carbonyl (C=O) groups excluding carboxylic acids is 1. The van der Waals surface area contributed by atoms with E-state index in [1.165, 1.54) is 4.31 Å². The summed E-state index contributed by atoms with van der Waals surface area (Å²) in [5.74, 6) is 1.88. The van der Waals surface area contributed by atoms with Crippen molar-refractivity contribution in [1.29, 1.82) is 0 Å². The van der Waals surface area contributed by atoms with Crippen molar-refractivity contribution >= 4 is 27.7 Å². The normalized spacial score (nSPS) is 22.3. The number of hydrogen-bond donors (Lipinski definition) is 0. The van der Waals surface area contributed by atoms with E-state index in [9.17, 15) is 13.2 Å². The van der Waals surface area contributed by atoms with Crippen molar-refractivity contribution in [3.8, 4) is 0 Å². The van der Waals surface area contributed by atoms with Gasteiger partial charge in [0.15, 0.2) is 0 Å². The van der Waals surface area contributed by atoms with Gasteiger partial charge in [0, 0.05) is 43.6 Å². The van der Waals surface area contributed by atoms with Crippen molar-refractivity contribution in [2.75, 3.05) is 37.7 Å². The highest BCUT2D eigenvalue weighted by molar-refractivity contribution is 7.99. The Balaban J connectivity index is 1.91. The minimum Gasteiger partial charge on any atom is -0.376 e. The zero-order valence-corrected chi connectivity index (χ0v) is 19.2. The van der Waals surface area contributed by atoms with Crippen molar-refractivity contribution < 1.29 is 17.9 Å². The van der Waals surface area contributed by atoms with Crippen LogP contribution >= 0.6 is 11.8 Å². The lowest BCUT2D eigenvalue weighted by molar-refractivity contribution is 0.0441. The lowest BCUT2D eigenvalue weighted by Gasteiger charge is -2.31. The first-order valence-electron chi connectivity index (χ1n) is 10.5. The van der Waals surface area contributed by atoms with E-state index >= 15 is 0 Å². The van der Waals surface area contributed by atoms with Crippen molar-refractivity contribution in [3.63, 3.8) is 0 Å². The molecule has 8 heteroatoms. The number of sulfonamides is 1. The highest BCUT2D eigenvalue weighted by atomic mass is 32.2. The molecule has 2 atom stereocenters. The van der Waals surface area contributed by atoms with Crippen LogP contribution in [0, 0.1) is 6.92 Å². The number of thioether (sulfide) groups is 1. The number of amides is 1. The fourth-order valence-electron chi connectivity index (χ4n) is 4.05. The van der Waals surface area contributed by atoms with E-state index in [4.69, 9.17) is 4.74 Å². The number of aryl methyl sites for hydroxylation is 1. The van der Waals surface area contributed by atoms with Crippen molar-refractivity contribution in [3.05, 3.63) is 29.3 Å². The summed E-state index contributed by atoms with van der Waals surface area (Å²) < 4.78 is 33.4. The minimum absolute atomic E-state index is 0.0777. The molecule has 2 aliphatic rings. The zero-order valence-electron chi connectivity index (χ0n) is 17.6. The van der Waals surface area contributed by atoms with Gasteiger partial charge in [0.25, 0.3) is 5.91 Å². The van der Waals surface area contributed by atoms with Gasteiger partial charge in [0.05, 0.1) is 11.0 Å². The molecule has 0 N–H and O–H groups in total. The first kappa shape index (κ1) is 22.6. The molecule has 0 bridgehead atoms. The molecule has 162 valence electrons. The quantitative estimate of drug-likeness (QED) is 0.621. The lowest BCUT2D eigenvalue weighted by Crippen LogP contribution is -2.44. The van der Waals surface area contributed by atoms with Crippen LogP contribution in [0.5, 0.6) is 0 Å². The third kappa shape index (κ3) is 4.98. The molecule has 0 spiro atoms. The lowest BCUT2D eigenvalue weighted by atomic mass is 10.1. The average Bonchev–Trinajstić information content (AvgIpc) is 3.40. The van der Waals surface area contributed by atoms with Gasteiger partial charge in [0.1, 0.15) is 0 Å². The smallest absolute Gasteiger partial charge is 0.254 e. The van der Waals surface area contributed by atoms with Crippen LogP contribution in [0.1, 0.15) is 49.0 Å². The highest BCUT2D eigenvalue weighted by Gasteiger charge is 2.32. The fraction of sp³-hybridized carbons (Fsp3) is 0.667. The molecule has 2 heterocycles. The molecule has 6 nitrogen and oxygen atoms in total. The van der Waals surface area contributed by atoms with Crippen LogP contribution in [0.4, 0.5) is 0 Å². The third-order valence-electron chi connectivity index (χ3n) is 5.79. The molecule has 1 aromatic carbocycles. The first-order chi connectivity index (χ1) is 13.9. The van der Waals surface area contributed by atoms with E-state index in [-0.39, 0.29) is 22.9 Å². The summed E-state index contributed by atoms with van der Waals surface area (Å²) in [6, 6.07) is 5.25. The SMILES string of the molecule is CCN(CC)S(=O)(=O)c1cc(C(=O)N(CC2CCCO2)C2CCSC2)ccc1C. The van der Waals surface area contributed by atoms with E-state index in [1.54, 1.807) is 25.1 Å². The number of nitrogens with zero attached hydrogens (tertiary/aromatic N) is 2. The van der Waals surface area contributed by atoms with Gasteiger partial charge in [-0.3, -0.25) is 4.79 Å². The molecule has 0 radical (unpaired) electrons. The van der Waals surface area contributed by atoms with E-state index in [2.05, 4.69) is 0 Å². The zero-order chi connectivity index (χ0) is 21.0. The van der Waals surface area contributed by atoms with Crippen LogP contribution in [0.2, 0.25) is 0 Å². The summed E-state index contributed by atoms with van der Waals surface area (Å²) in [7, 11) is -3.62. The Bertz CT molecular complexity index is 812. The topological polar surface area (TPSA) is 66.9 Å². The van der Waals surface area contributed by atoms with Crippen LogP contribution in [0.25, 0.3) is 0 Å². The Kier molecular flexibility index (Phi) is 7.64. The van der Waals surface area contributed by atoms with Crippen LogP contribution < -0.4 is 0 Å². The second-order valence-corrected chi connectivity index (χ2v) is 10.7. The van der Waals surface area contributed by atoms with E-state index in [0.29, 0.717) is 30.8 Å². The predicted octanol–water partition coefficient (Wildman–Crippen LogP) is 3.15. The number of ether oxygens (including phenoxy) is 1. The van der Waals surface area contributed by atoms with Crippen LogP contribution in [-0.2, 0) is 14.8 Å². The average molecular weight is 441 g/mol. The maximum Gasteiger partial charge on any atom is 0.254 e. The van der Waals surface area contributed by atoms with Crippen molar-refractivity contribution in [2.24, 2.45) is 0 Å². The van der Waals surface area contributed by atoms with Crippen molar-refractivity contribution in [1.82, 2.24) is 9.21 Å². The van der Waals surface area contributed by atoms with Gasteiger partial charge >= 0.3 is 0 Å². The molecule has 0 aromatic heterocycles. The summed E-state index contributed by atoms with van der Waals surface area (Å²) in [6.45, 7) is 7.57. The fourth-order valence-corrected chi connectivity index (χ4v) is 6.99. The third-order valence-corrected chi connectivity index (χ3v) is 9.13. The maximum atomic E-state index is 13.5. The molecule has 2 unspecified atom stereocenters. The van der Waals surface area contributed by atoms with Gasteiger partial charge in [-0.25, -0.2) is 8.42 Å². The molecule has 1 amide bonds. The molecular formula is C21H32N2O4S2. The molecule has 29 heavy (non-hydrogen) atoms. The Hall–Kier alpha value is -1.09. The highest BCUT2D eigenvalue weighted by Crippen LogP contribution is 2.27. The summed E-state index contributed by atoms with van der Waals surface area (Å²) in [6.07, 6.45) is 3.05. The van der Waals surface area contributed by atoms with Gasteiger partial charge in [-0.15, -0.1) is 0 Å². The molecule has 0 saturated carbocycles. The van der Waals surface area contributed by atoms with Crippen LogP contribution in [-0.4, -0.2) is 73.4 Å². The monoisotopic (exact) mass is 440 g/mol. The second kappa shape index (κ2) is 9.81. The largest absolute Gasteiger partial charge is 0.376 e. The molecule has 2 aliphatic heterocycles. The molecule has 2 saturated heterocycles. The second-order valence-electron chi connectivity index (χ2n) is 7.68. The summed E-state index contributed by atoms with van der Waals surface area (Å²) in [5.41, 5.74) is 1.10. The number of benzene rings is 1. The van der Waals surface area contributed by atoms with Gasteiger partial charge in [-0.05, 0) is 49.6 Å². The van der Waals surface area contributed by atoms with Gasteiger partial charge in [-0.1, -0.05) is 19.9 Å². The standard InChI is InChI=1S/C21H32N2O4S2/c1-4-22(5-2)29(25,26)20-13-17(9-8-16(20)3)21(24)23(18-10-12-28-15-18)14-19-7-6-11-27-19/h8-9,13,18-19H,4-7,10-12,14-15H2,1-3H3. The van der Waals surface area contributed by atoms with Crippen molar-refractivity contribution in [2.45, 2.75) is 57.1 Å². The summed E-state index contributed by atoms with van der Waals surface area (Å²) >= 11 is 1.86. The summed E-state index contributed by atoms with van der Waals surface area (Å²) in [4.78, 5) is 15.6. The van der Waals surface area contributed by atoms with Gasteiger partial charge in [0.2, 0.25) is 10.0 Å². The minimum atomic E-state index is -3.62. The van der Waals surface area contributed by atoms with Crippen LogP contribution in [0.3, 0.4) is 0 Å². The molecule has 2 fully saturated rings. The Morgan fingerprint density at radius 2 is 2.00 bits per heavy atom. The Labute approximate surface area is 179 Å². The molecule has 0 aliphatic carbocycles. The number of carbonyl (C=O) groups is 1. The van der Waals surface area contributed by atoms with E-state index in [0.717, 1.165) is 37.4 Å². The van der Waals surface area contributed by atoms with E-state index < -0.39 is 10.0 Å². The molecule has 3 rings (SSSR count). The Morgan fingerprint density at radius 1 is 1.24 bits per heavy atom.